The topological polar surface area (TPSA) is 68.5 Å². The van der Waals surface area contributed by atoms with Crippen LogP contribution in [0.2, 0.25) is 0 Å². The molecule has 0 aliphatic rings. The van der Waals surface area contributed by atoms with Gasteiger partial charge in [0.25, 0.3) is 5.91 Å². The molecule has 0 aliphatic heterocycles. The monoisotopic (exact) mass is 337 g/mol. The van der Waals surface area contributed by atoms with E-state index in [4.69, 9.17) is 9.15 Å². The summed E-state index contributed by atoms with van der Waals surface area (Å²) in [5, 5.41) is 3.45. The molecule has 0 spiro atoms. The lowest BCUT2D eigenvalue weighted by molar-refractivity contribution is 0.102. The zero-order valence-corrected chi connectivity index (χ0v) is 14.6. The molecule has 1 N–H and O–H groups in total. The van der Waals surface area contributed by atoms with Crippen molar-refractivity contribution in [3.8, 4) is 5.75 Å². The van der Waals surface area contributed by atoms with Crippen molar-refractivity contribution in [1.82, 2.24) is 0 Å². The van der Waals surface area contributed by atoms with E-state index in [9.17, 15) is 9.59 Å². The fourth-order valence-electron chi connectivity index (χ4n) is 2.94. The minimum atomic E-state index is -0.669. The minimum Gasteiger partial charge on any atom is -0.497 e. The highest BCUT2D eigenvalue weighted by molar-refractivity contribution is 6.06. The molecule has 0 atom stereocenters. The molecule has 3 aromatic rings. The number of carbonyl (C=O) groups excluding carboxylic acids is 1. The maximum atomic E-state index is 12.6. The molecule has 5 nitrogen and oxygen atoms in total. The lowest BCUT2D eigenvalue weighted by Gasteiger charge is -2.12. The van der Waals surface area contributed by atoms with Crippen molar-refractivity contribution in [2.24, 2.45) is 0 Å². The van der Waals surface area contributed by atoms with Gasteiger partial charge in [-0.3, -0.25) is 4.79 Å². The number of benzene rings is 2. The Morgan fingerprint density at radius 2 is 1.72 bits per heavy atom. The third kappa shape index (κ3) is 3.26. The highest BCUT2D eigenvalue weighted by atomic mass is 16.5. The summed E-state index contributed by atoms with van der Waals surface area (Å²) in [5.41, 5.74) is 3.41. The molecule has 0 aliphatic carbocycles. The van der Waals surface area contributed by atoms with Gasteiger partial charge in [0.05, 0.1) is 7.11 Å². The Bertz CT molecular complexity index is 1010. The van der Waals surface area contributed by atoms with Crippen LogP contribution in [0.3, 0.4) is 0 Å². The molecular formula is C20H19NO4. The number of anilines is 1. The van der Waals surface area contributed by atoms with E-state index in [1.54, 1.807) is 25.3 Å². The number of nitrogens with one attached hydrogen (secondary N) is 1. The third-order valence-electron chi connectivity index (χ3n) is 4.10. The van der Waals surface area contributed by atoms with Crippen molar-refractivity contribution in [3.63, 3.8) is 0 Å². The largest absolute Gasteiger partial charge is 0.497 e. The van der Waals surface area contributed by atoms with Crippen molar-refractivity contribution < 1.29 is 13.9 Å². The number of rotatable bonds is 3. The Kier molecular flexibility index (Phi) is 4.31. The lowest BCUT2D eigenvalue weighted by atomic mass is 10.0. The fraction of sp³-hybridized carbons (Fsp3) is 0.200. The fourth-order valence-corrected chi connectivity index (χ4v) is 2.94. The molecule has 0 unspecified atom stereocenters. The number of aryl methyl sites for hydroxylation is 3. The first kappa shape index (κ1) is 16.8. The number of amides is 1. The van der Waals surface area contributed by atoms with Gasteiger partial charge in [0.2, 0.25) is 0 Å². The molecule has 0 radical (unpaired) electrons. The molecule has 3 rings (SSSR count). The minimum absolute atomic E-state index is 0.0415. The summed E-state index contributed by atoms with van der Waals surface area (Å²) in [4.78, 5) is 24.8. The van der Waals surface area contributed by atoms with Crippen LogP contribution in [0.15, 0.2) is 45.6 Å². The number of methoxy groups -OCH3 is 1. The van der Waals surface area contributed by atoms with E-state index in [0.717, 1.165) is 16.7 Å². The average molecular weight is 337 g/mol. The second kappa shape index (κ2) is 6.43. The van der Waals surface area contributed by atoms with Crippen LogP contribution in [0.25, 0.3) is 11.0 Å². The van der Waals surface area contributed by atoms with E-state index in [1.165, 1.54) is 6.07 Å². The lowest BCUT2D eigenvalue weighted by Crippen LogP contribution is -2.21. The average Bonchev–Trinajstić information content (AvgIpc) is 2.56. The van der Waals surface area contributed by atoms with Gasteiger partial charge in [-0.15, -0.1) is 0 Å². The summed E-state index contributed by atoms with van der Waals surface area (Å²) in [7, 11) is 1.55. The summed E-state index contributed by atoms with van der Waals surface area (Å²) < 4.78 is 10.4. The van der Waals surface area contributed by atoms with Crippen LogP contribution < -0.4 is 15.7 Å². The van der Waals surface area contributed by atoms with Crippen LogP contribution in [-0.4, -0.2) is 13.0 Å². The standard InChI is InChI=1S/C20H19NO4/c1-11-7-12(2)18(13(3)8-11)21-19(22)16-10-14-9-15(24-4)5-6-17(14)25-20(16)23/h5-10H,1-4H3,(H,21,22). The Balaban J connectivity index is 2.02. The Hall–Kier alpha value is -3.08. The van der Waals surface area contributed by atoms with Crippen LogP contribution in [0.1, 0.15) is 27.0 Å². The predicted octanol–water partition coefficient (Wildman–Crippen LogP) is 3.98. The van der Waals surface area contributed by atoms with Crippen LogP contribution in [0.5, 0.6) is 5.75 Å². The van der Waals surface area contributed by atoms with Crippen molar-refractivity contribution in [2.45, 2.75) is 20.8 Å². The van der Waals surface area contributed by atoms with Gasteiger partial charge in [-0.2, -0.15) is 0 Å². The molecule has 1 heterocycles. The van der Waals surface area contributed by atoms with Crippen molar-refractivity contribution >= 4 is 22.6 Å². The number of fused-ring (bicyclic) bond motifs is 1. The molecule has 0 bridgehead atoms. The summed E-state index contributed by atoms with van der Waals surface area (Å²) in [6, 6.07) is 10.6. The van der Waals surface area contributed by atoms with Gasteiger partial charge in [-0.25, -0.2) is 4.79 Å². The zero-order valence-electron chi connectivity index (χ0n) is 14.6. The maximum Gasteiger partial charge on any atom is 0.349 e. The van der Waals surface area contributed by atoms with Crippen LogP contribution in [0.4, 0.5) is 5.69 Å². The normalized spacial score (nSPS) is 10.7. The predicted molar refractivity (Wildman–Crippen MR) is 97.6 cm³/mol. The molecule has 0 saturated carbocycles. The second-order valence-corrected chi connectivity index (χ2v) is 6.08. The molecule has 25 heavy (non-hydrogen) atoms. The molecule has 0 fully saturated rings. The van der Waals surface area contributed by atoms with Gasteiger partial charge in [0.15, 0.2) is 0 Å². The van der Waals surface area contributed by atoms with Crippen LogP contribution in [-0.2, 0) is 0 Å². The van der Waals surface area contributed by atoms with E-state index in [1.807, 2.05) is 32.9 Å². The van der Waals surface area contributed by atoms with E-state index >= 15 is 0 Å². The summed E-state index contributed by atoms with van der Waals surface area (Å²) in [5.74, 6) is 0.131. The van der Waals surface area contributed by atoms with Crippen LogP contribution in [0, 0.1) is 20.8 Å². The molecule has 1 amide bonds. The molecule has 128 valence electrons. The van der Waals surface area contributed by atoms with Gasteiger partial charge < -0.3 is 14.5 Å². The zero-order chi connectivity index (χ0) is 18.1. The molecular weight excluding hydrogens is 318 g/mol. The highest BCUT2D eigenvalue weighted by Gasteiger charge is 2.16. The molecule has 1 aromatic heterocycles. The van der Waals surface area contributed by atoms with E-state index in [2.05, 4.69) is 5.32 Å². The third-order valence-corrected chi connectivity index (χ3v) is 4.10. The van der Waals surface area contributed by atoms with Gasteiger partial charge in [-0.05, 0) is 56.2 Å². The summed E-state index contributed by atoms with van der Waals surface area (Å²) in [6.07, 6.45) is 0. The number of hydrogen-bond acceptors (Lipinski definition) is 4. The van der Waals surface area contributed by atoms with Gasteiger partial charge in [0.1, 0.15) is 16.9 Å². The summed E-state index contributed by atoms with van der Waals surface area (Å²) in [6.45, 7) is 5.84. The number of hydrogen-bond donors (Lipinski definition) is 1. The van der Waals surface area contributed by atoms with Gasteiger partial charge in [-0.1, -0.05) is 17.7 Å². The number of ether oxygens (including phenoxy) is 1. The van der Waals surface area contributed by atoms with E-state index in [0.29, 0.717) is 22.4 Å². The van der Waals surface area contributed by atoms with Crippen molar-refractivity contribution in [1.29, 1.82) is 0 Å². The SMILES string of the molecule is COc1ccc2oc(=O)c(C(=O)Nc3c(C)cc(C)cc3C)cc2c1. The van der Waals surface area contributed by atoms with Gasteiger partial charge >= 0.3 is 5.63 Å². The first-order valence-corrected chi connectivity index (χ1v) is 7.90. The van der Waals surface area contributed by atoms with Crippen LogP contribution >= 0.6 is 0 Å². The first-order valence-electron chi connectivity index (χ1n) is 7.90. The first-order chi connectivity index (χ1) is 11.9. The smallest absolute Gasteiger partial charge is 0.349 e. The quantitative estimate of drug-likeness (QED) is 0.734. The number of carbonyl (C=O) groups is 1. The maximum absolute atomic E-state index is 12.6. The van der Waals surface area contributed by atoms with Crippen molar-refractivity contribution in [3.05, 3.63) is 69.1 Å². The van der Waals surface area contributed by atoms with E-state index < -0.39 is 11.5 Å². The Morgan fingerprint density at radius 1 is 1.04 bits per heavy atom. The molecule has 5 heteroatoms. The van der Waals surface area contributed by atoms with Gasteiger partial charge in [0, 0.05) is 11.1 Å². The summed E-state index contributed by atoms with van der Waals surface area (Å²) >= 11 is 0. The highest BCUT2D eigenvalue weighted by Crippen LogP contribution is 2.24. The molecule has 0 saturated heterocycles. The Labute approximate surface area is 145 Å². The Morgan fingerprint density at radius 3 is 2.36 bits per heavy atom. The molecule has 2 aromatic carbocycles. The van der Waals surface area contributed by atoms with Crippen molar-refractivity contribution in [2.75, 3.05) is 12.4 Å². The second-order valence-electron chi connectivity index (χ2n) is 6.08. The van der Waals surface area contributed by atoms with E-state index in [-0.39, 0.29) is 5.56 Å².